The van der Waals surface area contributed by atoms with Crippen molar-refractivity contribution in [2.24, 2.45) is 5.84 Å². The Bertz CT molecular complexity index is 923. The molecule has 1 amide bonds. The molecule has 0 fully saturated rings. The Kier molecular flexibility index (Phi) is 4.77. The molecule has 0 bridgehead atoms. The number of benzene rings is 3. The second-order valence-corrected chi connectivity index (χ2v) is 5.61. The van der Waals surface area contributed by atoms with Gasteiger partial charge < -0.3 is 0 Å². The third-order valence-electron chi connectivity index (χ3n) is 4.01. The fourth-order valence-electron chi connectivity index (χ4n) is 2.92. The molecule has 132 valence electrons. The van der Waals surface area contributed by atoms with Gasteiger partial charge in [0.05, 0.1) is 5.56 Å². The molecule has 26 heavy (non-hydrogen) atoms. The number of nitrogens with one attached hydrogen (secondary N) is 1. The van der Waals surface area contributed by atoms with Crippen molar-refractivity contribution >= 4 is 5.91 Å². The molecule has 0 spiro atoms. The van der Waals surface area contributed by atoms with Crippen LogP contribution in [0.5, 0.6) is 0 Å². The molecule has 3 nitrogen and oxygen atoms in total. The second-order valence-electron chi connectivity index (χ2n) is 5.61. The molecule has 3 aromatic rings. The van der Waals surface area contributed by atoms with Crippen molar-refractivity contribution in [1.29, 1.82) is 0 Å². The summed E-state index contributed by atoms with van der Waals surface area (Å²) in [6, 6.07) is 18.7. The van der Waals surface area contributed by atoms with Crippen molar-refractivity contribution in [3.8, 4) is 22.3 Å². The lowest BCUT2D eigenvalue weighted by molar-refractivity contribution is -0.137. The summed E-state index contributed by atoms with van der Waals surface area (Å²) < 4.78 is 41.2. The third-order valence-corrected chi connectivity index (χ3v) is 4.01. The van der Waals surface area contributed by atoms with E-state index in [1.807, 2.05) is 5.43 Å². The van der Waals surface area contributed by atoms with Gasteiger partial charge in [-0.25, -0.2) is 5.84 Å². The Hall–Kier alpha value is -3.12. The smallest absolute Gasteiger partial charge is 0.290 e. The van der Waals surface area contributed by atoms with Crippen LogP contribution in [0.1, 0.15) is 15.9 Å². The molecule has 0 aliphatic carbocycles. The van der Waals surface area contributed by atoms with Crippen LogP contribution < -0.4 is 11.3 Å². The van der Waals surface area contributed by atoms with Crippen LogP contribution >= 0.6 is 0 Å². The van der Waals surface area contributed by atoms with Crippen LogP contribution in [-0.4, -0.2) is 5.91 Å². The Morgan fingerprint density at radius 1 is 0.769 bits per heavy atom. The summed E-state index contributed by atoms with van der Waals surface area (Å²) in [5.41, 5.74) is 2.27. The molecule has 0 heterocycles. The minimum absolute atomic E-state index is 0.0506. The molecule has 0 atom stereocenters. The van der Waals surface area contributed by atoms with Gasteiger partial charge in [0.25, 0.3) is 5.91 Å². The summed E-state index contributed by atoms with van der Waals surface area (Å²) >= 11 is 0. The number of carbonyl (C=O) groups excluding carboxylic acids is 1. The van der Waals surface area contributed by atoms with Crippen LogP contribution in [0.3, 0.4) is 0 Å². The van der Waals surface area contributed by atoms with E-state index in [0.717, 1.165) is 12.1 Å². The zero-order valence-electron chi connectivity index (χ0n) is 13.5. The summed E-state index contributed by atoms with van der Waals surface area (Å²) in [6.45, 7) is 0. The summed E-state index contributed by atoms with van der Waals surface area (Å²) in [7, 11) is 0. The average molecular weight is 356 g/mol. The third kappa shape index (κ3) is 3.32. The summed E-state index contributed by atoms with van der Waals surface area (Å²) in [4.78, 5) is 12.2. The lowest BCUT2D eigenvalue weighted by Gasteiger charge is -2.20. The lowest BCUT2D eigenvalue weighted by atomic mass is 9.86. The highest BCUT2D eigenvalue weighted by molar-refractivity contribution is 6.05. The number of rotatable bonds is 3. The van der Waals surface area contributed by atoms with E-state index in [2.05, 4.69) is 0 Å². The molecule has 3 N–H and O–H groups in total. The number of nitrogens with two attached hydrogens (primary N) is 1. The van der Waals surface area contributed by atoms with Crippen LogP contribution in [-0.2, 0) is 6.18 Å². The van der Waals surface area contributed by atoms with Crippen molar-refractivity contribution in [1.82, 2.24) is 5.43 Å². The van der Waals surface area contributed by atoms with Gasteiger partial charge in [-0.2, -0.15) is 13.2 Å². The summed E-state index contributed by atoms with van der Waals surface area (Å²) in [6.07, 6.45) is -4.58. The van der Waals surface area contributed by atoms with Gasteiger partial charge in [-0.15, -0.1) is 0 Å². The molecule has 0 aromatic heterocycles. The summed E-state index contributed by atoms with van der Waals surface area (Å²) in [5.74, 6) is 4.58. The molecule has 0 aliphatic rings. The number of amides is 1. The number of hydrazine groups is 1. The average Bonchev–Trinajstić information content (AvgIpc) is 2.67. The first-order valence-corrected chi connectivity index (χ1v) is 7.79. The van der Waals surface area contributed by atoms with E-state index in [0.29, 0.717) is 11.1 Å². The van der Waals surface area contributed by atoms with Gasteiger partial charge in [0.2, 0.25) is 0 Å². The zero-order valence-corrected chi connectivity index (χ0v) is 13.5. The maximum Gasteiger partial charge on any atom is 0.417 e. The van der Waals surface area contributed by atoms with Gasteiger partial charge in [-0.05, 0) is 23.3 Å². The molecule has 0 aliphatic heterocycles. The molecule has 0 radical (unpaired) electrons. The molecule has 0 saturated heterocycles. The standard InChI is InChI=1S/C20H15F3N2O/c21-20(22,23)16-12-11-15(19(26)25-24)17(13-7-3-1-4-8-13)18(16)14-9-5-2-6-10-14/h1-12H,24H2,(H,25,26). The van der Waals surface area contributed by atoms with Crippen LogP contribution in [0.25, 0.3) is 22.3 Å². The highest BCUT2D eigenvalue weighted by Gasteiger charge is 2.36. The maximum absolute atomic E-state index is 13.7. The fourth-order valence-corrected chi connectivity index (χ4v) is 2.92. The van der Waals surface area contributed by atoms with Crippen molar-refractivity contribution in [2.45, 2.75) is 6.18 Å². The SMILES string of the molecule is NNC(=O)c1ccc(C(F)(F)F)c(-c2ccccc2)c1-c1ccccc1. The normalized spacial score (nSPS) is 11.2. The van der Waals surface area contributed by atoms with Crippen LogP contribution in [0.2, 0.25) is 0 Å². The van der Waals surface area contributed by atoms with E-state index < -0.39 is 17.6 Å². The Morgan fingerprint density at radius 2 is 1.27 bits per heavy atom. The van der Waals surface area contributed by atoms with E-state index in [4.69, 9.17) is 5.84 Å². The lowest BCUT2D eigenvalue weighted by Crippen LogP contribution is -2.30. The fraction of sp³-hybridized carbons (Fsp3) is 0.0500. The largest absolute Gasteiger partial charge is 0.417 e. The number of halogens is 3. The Labute approximate surface area is 148 Å². The van der Waals surface area contributed by atoms with Crippen molar-refractivity contribution in [3.05, 3.63) is 83.9 Å². The van der Waals surface area contributed by atoms with Crippen molar-refractivity contribution in [2.75, 3.05) is 0 Å². The van der Waals surface area contributed by atoms with Gasteiger partial charge in [0, 0.05) is 16.7 Å². The van der Waals surface area contributed by atoms with Crippen molar-refractivity contribution in [3.63, 3.8) is 0 Å². The second kappa shape index (κ2) is 7.01. The van der Waals surface area contributed by atoms with Gasteiger partial charge in [-0.1, -0.05) is 60.7 Å². The zero-order chi connectivity index (χ0) is 18.7. The van der Waals surface area contributed by atoms with E-state index in [1.165, 1.54) is 0 Å². The van der Waals surface area contributed by atoms with E-state index in [1.54, 1.807) is 60.7 Å². The highest BCUT2D eigenvalue weighted by atomic mass is 19.4. The van der Waals surface area contributed by atoms with E-state index in [-0.39, 0.29) is 16.7 Å². The van der Waals surface area contributed by atoms with Crippen LogP contribution in [0.15, 0.2) is 72.8 Å². The minimum Gasteiger partial charge on any atom is -0.290 e. The monoisotopic (exact) mass is 356 g/mol. The number of nitrogen functional groups attached to an aromatic ring is 1. The minimum atomic E-state index is -4.58. The first-order valence-electron chi connectivity index (χ1n) is 7.79. The number of hydrogen-bond acceptors (Lipinski definition) is 2. The predicted molar refractivity (Wildman–Crippen MR) is 94.0 cm³/mol. The molecule has 0 unspecified atom stereocenters. The number of carbonyl (C=O) groups is 1. The number of alkyl halides is 3. The molecular weight excluding hydrogens is 341 g/mol. The maximum atomic E-state index is 13.7. The number of hydrogen-bond donors (Lipinski definition) is 2. The quantitative estimate of drug-likeness (QED) is 0.408. The van der Waals surface area contributed by atoms with Gasteiger partial charge in [0.15, 0.2) is 0 Å². The molecular formula is C20H15F3N2O. The molecule has 3 aromatic carbocycles. The summed E-state index contributed by atoms with van der Waals surface area (Å²) in [5, 5.41) is 0. The van der Waals surface area contributed by atoms with Crippen LogP contribution in [0, 0.1) is 0 Å². The molecule has 3 rings (SSSR count). The van der Waals surface area contributed by atoms with E-state index in [9.17, 15) is 18.0 Å². The molecule has 0 saturated carbocycles. The topological polar surface area (TPSA) is 55.1 Å². The Morgan fingerprint density at radius 3 is 1.73 bits per heavy atom. The predicted octanol–water partition coefficient (Wildman–Crippen LogP) is 4.64. The van der Waals surface area contributed by atoms with Gasteiger partial charge in [0.1, 0.15) is 0 Å². The highest BCUT2D eigenvalue weighted by Crippen LogP contribution is 2.44. The van der Waals surface area contributed by atoms with Gasteiger partial charge in [-0.3, -0.25) is 10.2 Å². The van der Waals surface area contributed by atoms with Gasteiger partial charge >= 0.3 is 6.18 Å². The first kappa shape index (κ1) is 17.7. The Balaban J connectivity index is 2.45. The van der Waals surface area contributed by atoms with Crippen LogP contribution in [0.4, 0.5) is 13.2 Å². The van der Waals surface area contributed by atoms with E-state index >= 15 is 0 Å². The van der Waals surface area contributed by atoms with Crippen molar-refractivity contribution < 1.29 is 18.0 Å². The molecule has 6 heteroatoms. The first-order chi connectivity index (χ1) is 12.4.